The minimum atomic E-state index is -4.45. The number of aromatic nitrogens is 4. The fraction of sp³-hybridized carbons (Fsp3) is 0.136. The zero-order valence-corrected chi connectivity index (χ0v) is 16.7. The third-order valence-corrected chi connectivity index (χ3v) is 4.49. The van der Waals surface area contributed by atoms with E-state index >= 15 is 0 Å². The first-order chi connectivity index (χ1) is 15.4. The molecule has 4 aromatic rings. The molecule has 0 unspecified atom stereocenters. The lowest BCUT2D eigenvalue weighted by molar-refractivity contribution is -0.137. The van der Waals surface area contributed by atoms with Gasteiger partial charge in [-0.2, -0.15) is 23.4 Å². The van der Waals surface area contributed by atoms with Gasteiger partial charge in [0.1, 0.15) is 5.75 Å². The topological polar surface area (TPSA) is 74.0 Å². The number of hydrogen-bond donors (Lipinski definition) is 1. The summed E-state index contributed by atoms with van der Waals surface area (Å²) in [5, 5.41) is 11.1. The Labute approximate surface area is 181 Å². The predicted molar refractivity (Wildman–Crippen MR) is 110 cm³/mol. The van der Waals surface area contributed by atoms with Crippen LogP contribution in [0.2, 0.25) is 0 Å². The van der Waals surface area contributed by atoms with Crippen LogP contribution in [0.3, 0.4) is 0 Å². The van der Waals surface area contributed by atoms with Gasteiger partial charge < -0.3 is 10.1 Å². The lowest BCUT2D eigenvalue weighted by atomic mass is 10.2. The monoisotopic (exact) mass is 441 g/mol. The largest absolute Gasteiger partial charge is 0.471 e. The van der Waals surface area contributed by atoms with Crippen LogP contribution >= 0.6 is 0 Å². The number of nitrogens with one attached hydrogen (secondary N) is 1. The molecule has 0 radical (unpaired) electrons. The van der Waals surface area contributed by atoms with E-state index in [0.29, 0.717) is 12.2 Å². The van der Waals surface area contributed by atoms with Crippen LogP contribution in [0, 0.1) is 0 Å². The fourth-order valence-electron chi connectivity index (χ4n) is 2.98. The molecular formula is C22H18F3N5O2. The summed E-state index contributed by atoms with van der Waals surface area (Å²) in [6.45, 7) is 0.423. The third-order valence-electron chi connectivity index (χ3n) is 4.49. The Morgan fingerprint density at radius 3 is 2.62 bits per heavy atom. The Morgan fingerprint density at radius 2 is 1.84 bits per heavy atom. The van der Waals surface area contributed by atoms with Crippen molar-refractivity contribution < 1.29 is 22.7 Å². The number of benzene rings is 2. The number of hydrogen-bond acceptors (Lipinski definition) is 4. The molecule has 7 nitrogen and oxygen atoms in total. The standard InChI is InChI=1S/C22H18F3N5O2/c23-22(24,25)17-5-2-7-19(13-17)32-15-30-11-8-20(28-30)21(31)27-18-6-1-4-16(12-18)14-29-10-3-9-26-29/h1-13H,14-15H2,(H,27,31). The quantitative estimate of drug-likeness (QED) is 0.460. The molecular weight excluding hydrogens is 423 g/mol. The molecule has 2 heterocycles. The van der Waals surface area contributed by atoms with E-state index in [1.807, 2.05) is 30.5 Å². The van der Waals surface area contributed by atoms with E-state index in [9.17, 15) is 18.0 Å². The molecule has 4 rings (SSSR count). The van der Waals surface area contributed by atoms with Crippen molar-refractivity contribution in [3.05, 3.63) is 96.1 Å². The van der Waals surface area contributed by atoms with E-state index in [1.165, 1.54) is 29.1 Å². The van der Waals surface area contributed by atoms with Crippen LogP contribution in [0.1, 0.15) is 21.6 Å². The maximum absolute atomic E-state index is 12.8. The fourth-order valence-corrected chi connectivity index (χ4v) is 2.98. The van der Waals surface area contributed by atoms with Crippen LogP contribution in [0.25, 0.3) is 0 Å². The second-order valence-corrected chi connectivity index (χ2v) is 6.90. The van der Waals surface area contributed by atoms with Crippen LogP contribution in [0.15, 0.2) is 79.3 Å². The van der Waals surface area contributed by atoms with Crippen LogP contribution < -0.4 is 10.1 Å². The number of amides is 1. The molecule has 32 heavy (non-hydrogen) atoms. The van der Waals surface area contributed by atoms with Gasteiger partial charge in [0.05, 0.1) is 12.1 Å². The molecule has 10 heteroatoms. The molecule has 1 amide bonds. The number of carbonyl (C=O) groups excluding carboxylic acids is 1. The number of nitrogens with zero attached hydrogens (tertiary/aromatic N) is 4. The number of alkyl halides is 3. The second-order valence-electron chi connectivity index (χ2n) is 6.90. The van der Waals surface area contributed by atoms with Crippen molar-refractivity contribution in [2.24, 2.45) is 0 Å². The summed E-state index contributed by atoms with van der Waals surface area (Å²) in [7, 11) is 0. The number of rotatable bonds is 7. The van der Waals surface area contributed by atoms with Crippen molar-refractivity contribution in [2.45, 2.75) is 19.5 Å². The summed E-state index contributed by atoms with van der Waals surface area (Å²) in [5.74, 6) is -0.366. The van der Waals surface area contributed by atoms with Gasteiger partial charge >= 0.3 is 6.18 Å². The zero-order chi connectivity index (χ0) is 22.6. The van der Waals surface area contributed by atoms with Gasteiger partial charge in [-0.3, -0.25) is 9.48 Å². The Balaban J connectivity index is 1.36. The Bertz CT molecular complexity index is 1200. The predicted octanol–water partition coefficient (Wildman–Crippen LogP) is 4.44. The summed E-state index contributed by atoms with van der Waals surface area (Å²) in [6.07, 6.45) is 0.598. The molecule has 0 bridgehead atoms. The van der Waals surface area contributed by atoms with Crippen LogP contribution in [0.5, 0.6) is 5.75 Å². The van der Waals surface area contributed by atoms with Gasteiger partial charge in [0.25, 0.3) is 5.91 Å². The Kier molecular flexibility index (Phi) is 5.93. The van der Waals surface area contributed by atoms with Gasteiger partial charge in [-0.05, 0) is 48.0 Å². The minimum absolute atomic E-state index is 0.0512. The van der Waals surface area contributed by atoms with Gasteiger partial charge in [-0.25, -0.2) is 4.68 Å². The SMILES string of the molecule is O=C(Nc1cccc(Cn2cccn2)c1)c1ccn(COc2cccc(C(F)(F)F)c2)n1. The van der Waals surface area contributed by atoms with E-state index in [0.717, 1.165) is 17.7 Å². The number of anilines is 1. The molecule has 0 aliphatic heterocycles. The van der Waals surface area contributed by atoms with E-state index in [-0.39, 0.29) is 18.2 Å². The van der Waals surface area contributed by atoms with Crippen molar-refractivity contribution in [1.82, 2.24) is 19.6 Å². The molecule has 0 aliphatic rings. The lowest BCUT2D eigenvalue weighted by Gasteiger charge is -2.10. The van der Waals surface area contributed by atoms with Crippen molar-refractivity contribution in [2.75, 3.05) is 5.32 Å². The molecule has 0 aliphatic carbocycles. The highest BCUT2D eigenvalue weighted by atomic mass is 19.4. The van der Waals surface area contributed by atoms with Gasteiger partial charge in [0.15, 0.2) is 12.4 Å². The van der Waals surface area contributed by atoms with E-state index in [1.54, 1.807) is 16.9 Å². The molecule has 0 saturated heterocycles. The molecule has 0 atom stereocenters. The van der Waals surface area contributed by atoms with Gasteiger partial charge in [0.2, 0.25) is 0 Å². The van der Waals surface area contributed by atoms with Crippen molar-refractivity contribution in [3.8, 4) is 5.75 Å². The summed E-state index contributed by atoms with van der Waals surface area (Å²) in [4.78, 5) is 12.5. The Morgan fingerprint density at radius 1 is 1.00 bits per heavy atom. The van der Waals surface area contributed by atoms with Crippen molar-refractivity contribution in [3.63, 3.8) is 0 Å². The highest BCUT2D eigenvalue weighted by molar-refractivity contribution is 6.02. The second kappa shape index (κ2) is 8.96. The van der Waals surface area contributed by atoms with Crippen LogP contribution in [-0.2, 0) is 19.5 Å². The van der Waals surface area contributed by atoms with Gasteiger partial charge in [0, 0.05) is 24.3 Å². The van der Waals surface area contributed by atoms with E-state index < -0.39 is 17.6 Å². The lowest BCUT2D eigenvalue weighted by Crippen LogP contribution is -2.14. The van der Waals surface area contributed by atoms with E-state index in [4.69, 9.17) is 4.74 Å². The molecule has 164 valence electrons. The number of ether oxygens (including phenoxy) is 1. The van der Waals surface area contributed by atoms with Gasteiger partial charge in [-0.1, -0.05) is 18.2 Å². The molecule has 0 fully saturated rings. The van der Waals surface area contributed by atoms with Crippen LogP contribution in [0.4, 0.5) is 18.9 Å². The first kappa shape index (κ1) is 21.2. The van der Waals surface area contributed by atoms with Gasteiger partial charge in [-0.15, -0.1) is 0 Å². The average molecular weight is 441 g/mol. The summed E-state index contributed by atoms with van der Waals surface area (Å²) in [6, 6.07) is 15.2. The number of carbonyl (C=O) groups is 1. The summed E-state index contributed by atoms with van der Waals surface area (Å²) < 4.78 is 46.9. The maximum Gasteiger partial charge on any atom is 0.416 e. The Hall–Kier alpha value is -4.08. The third kappa shape index (κ3) is 5.34. The highest BCUT2D eigenvalue weighted by Gasteiger charge is 2.30. The summed E-state index contributed by atoms with van der Waals surface area (Å²) in [5.41, 5.74) is 0.918. The minimum Gasteiger partial charge on any atom is -0.471 e. The molecule has 2 aromatic heterocycles. The smallest absolute Gasteiger partial charge is 0.416 e. The van der Waals surface area contributed by atoms with E-state index in [2.05, 4.69) is 15.5 Å². The highest BCUT2D eigenvalue weighted by Crippen LogP contribution is 2.31. The first-order valence-corrected chi connectivity index (χ1v) is 9.58. The molecule has 0 saturated carbocycles. The van der Waals surface area contributed by atoms with Crippen molar-refractivity contribution >= 4 is 11.6 Å². The van der Waals surface area contributed by atoms with Crippen LogP contribution in [-0.4, -0.2) is 25.5 Å². The molecule has 1 N–H and O–H groups in total. The molecule has 0 spiro atoms. The normalized spacial score (nSPS) is 11.3. The molecule has 2 aromatic carbocycles. The zero-order valence-electron chi connectivity index (χ0n) is 16.7. The first-order valence-electron chi connectivity index (χ1n) is 9.58. The number of halogens is 3. The summed E-state index contributed by atoms with van der Waals surface area (Å²) >= 11 is 0. The van der Waals surface area contributed by atoms with Crippen molar-refractivity contribution in [1.29, 1.82) is 0 Å². The average Bonchev–Trinajstić information content (AvgIpc) is 3.44. The maximum atomic E-state index is 12.8.